The maximum Gasteiger partial charge on any atom is 0.147 e. The van der Waals surface area contributed by atoms with Gasteiger partial charge in [0, 0.05) is 24.6 Å². The third kappa shape index (κ3) is 3.47. The molecule has 0 saturated carbocycles. The first kappa shape index (κ1) is 15.8. The Bertz CT molecular complexity index is 669. The fourth-order valence-corrected chi connectivity index (χ4v) is 3.04. The van der Waals surface area contributed by atoms with Crippen molar-refractivity contribution in [1.82, 2.24) is 20.1 Å². The molecule has 6 nitrogen and oxygen atoms in total. The number of aryl methyl sites for hydroxylation is 1. The molecule has 23 heavy (non-hydrogen) atoms. The Balaban J connectivity index is 1.70. The molecule has 1 atom stereocenters. The minimum absolute atomic E-state index is 0.0103. The van der Waals surface area contributed by atoms with Crippen molar-refractivity contribution in [3.63, 3.8) is 0 Å². The summed E-state index contributed by atoms with van der Waals surface area (Å²) in [6, 6.07) is 5.26. The lowest BCUT2D eigenvalue weighted by molar-refractivity contribution is 0.407. The topological polar surface area (TPSA) is 72.2 Å². The van der Waals surface area contributed by atoms with Crippen molar-refractivity contribution in [3.05, 3.63) is 35.4 Å². The molecule has 6 heteroatoms. The van der Waals surface area contributed by atoms with Crippen LogP contribution in [0.5, 0.6) is 11.5 Å². The zero-order chi connectivity index (χ0) is 16.2. The first-order valence-electron chi connectivity index (χ1n) is 8.20. The van der Waals surface area contributed by atoms with Crippen molar-refractivity contribution in [2.75, 3.05) is 7.11 Å². The number of ether oxygens (including phenoxy) is 1. The van der Waals surface area contributed by atoms with Crippen molar-refractivity contribution >= 4 is 0 Å². The van der Waals surface area contributed by atoms with Crippen LogP contribution < -0.4 is 10.1 Å². The van der Waals surface area contributed by atoms with E-state index in [1.54, 1.807) is 19.2 Å². The van der Waals surface area contributed by atoms with Gasteiger partial charge in [-0.2, -0.15) is 0 Å². The summed E-state index contributed by atoms with van der Waals surface area (Å²) in [6.45, 7) is 3.65. The second-order valence-corrected chi connectivity index (χ2v) is 6.02. The number of methoxy groups -OCH3 is 1. The Morgan fingerprint density at radius 1 is 1.30 bits per heavy atom. The maximum atomic E-state index is 10.1. The van der Waals surface area contributed by atoms with E-state index in [0.29, 0.717) is 6.54 Å². The van der Waals surface area contributed by atoms with Gasteiger partial charge in [-0.1, -0.05) is 6.42 Å². The molecule has 0 amide bonds. The highest BCUT2D eigenvalue weighted by molar-refractivity contribution is 5.41. The number of phenolic OH excluding ortho intramolecular Hbond substituents is 1. The Kier molecular flexibility index (Phi) is 4.81. The molecule has 124 valence electrons. The van der Waals surface area contributed by atoms with Crippen LogP contribution in [0.3, 0.4) is 0 Å². The van der Waals surface area contributed by atoms with Crippen LogP contribution in [0.1, 0.15) is 49.4 Å². The molecule has 2 aromatic rings. The Morgan fingerprint density at radius 3 is 3.00 bits per heavy atom. The van der Waals surface area contributed by atoms with Crippen molar-refractivity contribution in [2.45, 2.75) is 51.7 Å². The van der Waals surface area contributed by atoms with Gasteiger partial charge >= 0.3 is 0 Å². The van der Waals surface area contributed by atoms with Gasteiger partial charge in [0.05, 0.1) is 13.7 Å². The molecule has 0 fully saturated rings. The van der Waals surface area contributed by atoms with E-state index < -0.39 is 0 Å². The quantitative estimate of drug-likeness (QED) is 0.887. The number of hydrogen-bond donors (Lipinski definition) is 2. The highest BCUT2D eigenvalue weighted by Gasteiger charge is 2.16. The van der Waals surface area contributed by atoms with Gasteiger partial charge < -0.3 is 19.7 Å². The van der Waals surface area contributed by atoms with E-state index in [0.717, 1.165) is 35.9 Å². The number of nitrogens with zero attached hydrogens (tertiary/aromatic N) is 3. The molecule has 2 N–H and O–H groups in total. The normalized spacial score (nSPS) is 15.7. The van der Waals surface area contributed by atoms with Crippen LogP contribution in [0.25, 0.3) is 0 Å². The van der Waals surface area contributed by atoms with Crippen molar-refractivity contribution in [3.8, 4) is 11.5 Å². The van der Waals surface area contributed by atoms with Gasteiger partial charge in [0.2, 0.25) is 0 Å². The van der Waals surface area contributed by atoms with Crippen LogP contribution in [0.4, 0.5) is 0 Å². The van der Waals surface area contributed by atoms with Crippen LogP contribution in [0, 0.1) is 0 Å². The first-order valence-corrected chi connectivity index (χ1v) is 8.20. The molecule has 0 aliphatic carbocycles. The lowest BCUT2D eigenvalue weighted by atomic mass is 10.1. The number of phenols is 1. The summed E-state index contributed by atoms with van der Waals surface area (Å²) in [6.07, 6.45) is 4.65. The van der Waals surface area contributed by atoms with Crippen molar-refractivity contribution < 1.29 is 9.84 Å². The first-order chi connectivity index (χ1) is 11.2. The Hall–Kier alpha value is -2.08. The average molecular weight is 316 g/mol. The van der Waals surface area contributed by atoms with Gasteiger partial charge in [0.1, 0.15) is 23.1 Å². The highest BCUT2D eigenvalue weighted by Crippen LogP contribution is 2.28. The van der Waals surface area contributed by atoms with Crippen LogP contribution in [0.2, 0.25) is 0 Å². The largest absolute Gasteiger partial charge is 0.508 e. The second-order valence-electron chi connectivity index (χ2n) is 6.02. The van der Waals surface area contributed by atoms with Crippen molar-refractivity contribution in [1.29, 1.82) is 0 Å². The smallest absolute Gasteiger partial charge is 0.147 e. The predicted molar refractivity (Wildman–Crippen MR) is 87.5 cm³/mol. The third-order valence-electron chi connectivity index (χ3n) is 4.45. The fraction of sp³-hybridized carbons (Fsp3) is 0.529. The SMILES string of the molecule is COc1ccc(O)c([C@H](C)NCc2nnc3n2CCCCC3)c1. The van der Waals surface area contributed by atoms with E-state index >= 15 is 0 Å². The molecule has 1 aromatic heterocycles. The summed E-state index contributed by atoms with van der Waals surface area (Å²) >= 11 is 0. The average Bonchev–Trinajstić information content (AvgIpc) is 2.79. The van der Waals surface area contributed by atoms with Gasteiger partial charge in [-0.3, -0.25) is 0 Å². The van der Waals surface area contributed by atoms with Gasteiger partial charge in [-0.15, -0.1) is 10.2 Å². The predicted octanol–water partition coefficient (Wildman–Crippen LogP) is 2.57. The molecule has 3 rings (SSSR count). The van der Waals surface area contributed by atoms with Crippen LogP contribution >= 0.6 is 0 Å². The molecule has 1 aliphatic heterocycles. The van der Waals surface area contributed by atoms with E-state index in [2.05, 4.69) is 20.1 Å². The standard InChI is InChI=1S/C17H24N4O2/c1-12(14-10-13(23-2)7-8-15(14)22)18-11-17-20-19-16-6-4-3-5-9-21(16)17/h7-8,10,12,18,22H,3-6,9,11H2,1-2H3/t12-/m0/s1. The van der Waals surface area contributed by atoms with E-state index in [1.165, 1.54) is 19.3 Å². The zero-order valence-corrected chi connectivity index (χ0v) is 13.7. The molecular formula is C17H24N4O2. The van der Waals surface area contributed by atoms with E-state index in [9.17, 15) is 5.11 Å². The Labute approximate surface area is 136 Å². The zero-order valence-electron chi connectivity index (χ0n) is 13.7. The van der Waals surface area contributed by atoms with Gasteiger partial charge in [-0.25, -0.2) is 0 Å². The van der Waals surface area contributed by atoms with Crippen LogP contribution in [-0.4, -0.2) is 27.0 Å². The molecule has 0 bridgehead atoms. The number of benzene rings is 1. The molecule has 2 heterocycles. The highest BCUT2D eigenvalue weighted by atomic mass is 16.5. The molecule has 1 aliphatic rings. The molecule has 1 aromatic carbocycles. The van der Waals surface area contributed by atoms with Gasteiger partial charge in [0.15, 0.2) is 0 Å². The molecule has 0 spiro atoms. The summed E-state index contributed by atoms with van der Waals surface area (Å²) in [5.41, 5.74) is 0.819. The number of aromatic nitrogens is 3. The maximum absolute atomic E-state index is 10.1. The van der Waals surface area contributed by atoms with Crippen LogP contribution in [0.15, 0.2) is 18.2 Å². The van der Waals surface area contributed by atoms with Gasteiger partial charge in [0.25, 0.3) is 0 Å². The van der Waals surface area contributed by atoms with E-state index in [1.807, 2.05) is 13.0 Å². The molecule has 0 saturated heterocycles. The molecular weight excluding hydrogens is 292 g/mol. The third-order valence-corrected chi connectivity index (χ3v) is 4.45. The number of nitrogens with one attached hydrogen (secondary N) is 1. The van der Waals surface area contributed by atoms with Gasteiger partial charge in [-0.05, 0) is 38.0 Å². The summed E-state index contributed by atoms with van der Waals surface area (Å²) in [5, 5.41) is 22.1. The fourth-order valence-electron chi connectivity index (χ4n) is 3.04. The molecule has 0 unspecified atom stereocenters. The number of aromatic hydroxyl groups is 1. The van der Waals surface area contributed by atoms with E-state index in [-0.39, 0.29) is 11.8 Å². The minimum atomic E-state index is -0.0103. The lowest BCUT2D eigenvalue weighted by Gasteiger charge is -2.17. The second kappa shape index (κ2) is 7.00. The number of rotatable bonds is 5. The number of fused-ring (bicyclic) bond motifs is 1. The van der Waals surface area contributed by atoms with Crippen LogP contribution in [-0.2, 0) is 19.5 Å². The monoisotopic (exact) mass is 316 g/mol. The lowest BCUT2D eigenvalue weighted by Crippen LogP contribution is -2.21. The Morgan fingerprint density at radius 2 is 2.17 bits per heavy atom. The minimum Gasteiger partial charge on any atom is -0.508 e. The van der Waals surface area contributed by atoms with Crippen molar-refractivity contribution in [2.24, 2.45) is 0 Å². The summed E-state index contributed by atoms with van der Waals surface area (Å²) < 4.78 is 7.47. The van der Waals surface area contributed by atoms with E-state index in [4.69, 9.17) is 4.74 Å². The molecule has 0 radical (unpaired) electrons. The number of hydrogen-bond acceptors (Lipinski definition) is 5. The summed E-state index contributed by atoms with van der Waals surface area (Å²) in [4.78, 5) is 0. The summed E-state index contributed by atoms with van der Waals surface area (Å²) in [5.74, 6) is 3.07. The summed E-state index contributed by atoms with van der Waals surface area (Å²) in [7, 11) is 1.62.